The summed E-state index contributed by atoms with van der Waals surface area (Å²) in [5.41, 5.74) is -0.218. The molecule has 4 nitrogen and oxygen atoms in total. The first-order valence-electron chi connectivity index (χ1n) is 8.00. The zero-order chi connectivity index (χ0) is 19.8. The van der Waals surface area contributed by atoms with Gasteiger partial charge in [0, 0.05) is 24.6 Å². The molecule has 0 saturated heterocycles. The van der Waals surface area contributed by atoms with E-state index < -0.39 is 29.4 Å². The first-order chi connectivity index (χ1) is 12.7. The molecule has 3 rings (SSSR count). The maximum absolute atomic E-state index is 12.9. The number of aliphatic hydroxyl groups is 1. The van der Waals surface area contributed by atoms with Gasteiger partial charge in [-0.2, -0.15) is 13.2 Å². The molecule has 0 aliphatic heterocycles. The van der Waals surface area contributed by atoms with Crippen molar-refractivity contribution in [1.29, 1.82) is 0 Å². The van der Waals surface area contributed by atoms with Gasteiger partial charge in [-0.25, -0.2) is 0 Å². The van der Waals surface area contributed by atoms with Crippen molar-refractivity contribution in [1.82, 2.24) is 4.98 Å². The number of allylic oxidation sites excluding steroid dienone is 2. The van der Waals surface area contributed by atoms with Crippen LogP contribution in [0.2, 0.25) is 5.02 Å². The van der Waals surface area contributed by atoms with Crippen molar-refractivity contribution >= 4 is 17.4 Å². The normalized spacial score (nSPS) is 20.3. The minimum Gasteiger partial charge on any atom is -0.512 e. The topological polar surface area (TPSA) is 59.4 Å². The standard InChI is InChI=1S/C19H15ClF3NO3/c1-27-13-4-2-10(3-5-13)14-7-12(25)8-16(26)17(14)18-15(20)6-11(9-24-18)19(21,22)23/h2-6,8-9,14,17,25H,7H2,1H3/t14-,17+/m0/s1. The van der Waals surface area contributed by atoms with E-state index in [0.717, 1.165) is 12.1 Å². The zero-order valence-corrected chi connectivity index (χ0v) is 14.9. The molecule has 1 N–H and O–H groups in total. The van der Waals surface area contributed by atoms with E-state index in [1.807, 2.05) is 0 Å². The van der Waals surface area contributed by atoms with Gasteiger partial charge in [-0.15, -0.1) is 0 Å². The van der Waals surface area contributed by atoms with Crippen LogP contribution in [0, 0.1) is 0 Å². The van der Waals surface area contributed by atoms with E-state index in [9.17, 15) is 23.1 Å². The molecule has 1 aromatic heterocycles. The van der Waals surface area contributed by atoms with E-state index in [2.05, 4.69) is 4.98 Å². The molecule has 1 aliphatic rings. The van der Waals surface area contributed by atoms with Crippen molar-refractivity contribution in [3.8, 4) is 5.75 Å². The predicted molar refractivity (Wildman–Crippen MR) is 93.1 cm³/mol. The Morgan fingerprint density at radius 3 is 2.48 bits per heavy atom. The molecule has 0 radical (unpaired) electrons. The Morgan fingerprint density at radius 2 is 1.93 bits per heavy atom. The first-order valence-corrected chi connectivity index (χ1v) is 8.38. The van der Waals surface area contributed by atoms with Crippen LogP contribution in [-0.4, -0.2) is 23.0 Å². The third kappa shape index (κ3) is 3.93. The van der Waals surface area contributed by atoms with Crippen LogP contribution in [0.3, 0.4) is 0 Å². The van der Waals surface area contributed by atoms with E-state index in [0.29, 0.717) is 17.5 Å². The number of halogens is 4. The quantitative estimate of drug-likeness (QED) is 0.787. The maximum atomic E-state index is 12.9. The molecule has 0 bridgehead atoms. The molecule has 8 heteroatoms. The number of carbonyl (C=O) groups excluding carboxylic acids is 1. The SMILES string of the molecule is COc1ccc([C@@H]2CC(O)=CC(=O)[C@@H]2c2ncc(C(F)(F)F)cc2Cl)cc1. The highest BCUT2D eigenvalue weighted by Gasteiger charge is 2.38. The van der Waals surface area contributed by atoms with Crippen molar-refractivity contribution < 1.29 is 27.8 Å². The molecule has 2 aromatic rings. The number of hydrogen-bond acceptors (Lipinski definition) is 4. The average molecular weight is 398 g/mol. The van der Waals surface area contributed by atoms with Gasteiger partial charge < -0.3 is 9.84 Å². The summed E-state index contributed by atoms with van der Waals surface area (Å²) in [6, 6.07) is 7.64. The monoisotopic (exact) mass is 397 g/mol. The van der Waals surface area contributed by atoms with Crippen LogP contribution in [0.4, 0.5) is 13.2 Å². The third-order valence-electron chi connectivity index (χ3n) is 4.48. The van der Waals surface area contributed by atoms with E-state index in [-0.39, 0.29) is 22.9 Å². The number of ketones is 1. The fourth-order valence-electron chi connectivity index (χ4n) is 3.17. The molecule has 1 aromatic carbocycles. The molecule has 1 heterocycles. The zero-order valence-electron chi connectivity index (χ0n) is 14.1. The molecule has 0 saturated carbocycles. The molecular formula is C19H15ClF3NO3. The Labute approximate surface area is 158 Å². The molecule has 142 valence electrons. The lowest BCUT2D eigenvalue weighted by molar-refractivity contribution is -0.137. The molecule has 27 heavy (non-hydrogen) atoms. The molecular weight excluding hydrogens is 383 g/mol. The second-order valence-corrected chi connectivity index (χ2v) is 6.60. The summed E-state index contributed by atoms with van der Waals surface area (Å²) in [6.45, 7) is 0. The fourth-order valence-corrected chi connectivity index (χ4v) is 3.46. The number of benzene rings is 1. The lowest BCUT2D eigenvalue weighted by Crippen LogP contribution is -2.25. The van der Waals surface area contributed by atoms with Crippen molar-refractivity contribution in [2.24, 2.45) is 0 Å². The summed E-state index contributed by atoms with van der Waals surface area (Å²) in [6.07, 6.45) is -2.71. The Balaban J connectivity index is 2.05. The van der Waals surface area contributed by atoms with Crippen LogP contribution >= 0.6 is 11.6 Å². The minimum absolute atomic E-state index is 0.0548. The average Bonchev–Trinajstić information content (AvgIpc) is 2.61. The van der Waals surface area contributed by atoms with E-state index >= 15 is 0 Å². The van der Waals surface area contributed by atoms with Crippen LogP contribution in [-0.2, 0) is 11.0 Å². The Bertz CT molecular complexity index is 894. The van der Waals surface area contributed by atoms with Gasteiger partial charge in [0.2, 0.25) is 0 Å². The van der Waals surface area contributed by atoms with Gasteiger partial charge in [0.15, 0.2) is 5.78 Å². The molecule has 0 spiro atoms. The van der Waals surface area contributed by atoms with Crippen molar-refractivity contribution in [3.63, 3.8) is 0 Å². The molecule has 2 atom stereocenters. The number of methoxy groups -OCH3 is 1. The van der Waals surface area contributed by atoms with Gasteiger partial charge >= 0.3 is 6.18 Å². The van der Waals surface area contributed by atoms with Crippen LogP contribution < -0.4 is 4.74 Å². The van der Waals surface area contributed by atoms with Crippen LogP contribution in [0.1, 0.15) is 35.1 Å². The fraction of sp³-hybridized carbons (Fsp3) is 0.263. The highest BCUT2D eigenvalue weighted by atomic mass is 35.5. The Hall–Kier alpha value is -2.54. The number of ether oxygens (including phenoxy) is 1. The van der Waals surface area contributed by atoms with Crippen molar-refractivity contribution in [3.05, 3.63) is 70.2 Å². The summed E-state index contributed by atoms with van der Waals surface area (Å²) < 4.78 is 43.7. The highest BCUT2D eigenvalue weighted by molar-refractivity contribution is 6.31. The van der Waals surface area contributed by atoms with Crippen molar-refractivity contribution in [2.45, 2.75) is 24.4 Å². The van der Waals surface area contributed by atoms with Gasteiger partial charge in [-0.3, -0.25) is 9.78 Å². The van der Waals surface area contributed by atoms with E-state index in [1.165, 1.54) is 7.11 Å². The van der Waals surface area contributed by atoms with Gasteiger partial charge in [0.05, 0.1) is 35.1 Å². The lowest BCUT2D eigenvalue weighted by atomic mass is 9.75. The second kappa shape index (κ2) is 7.23. The third-order valence-corrected chi connectivity index (χ3v) is 4.79. The summed E-state index contributed by atoms with van der Waals surface area (Å²) in [4.78, 5) is 16.4. The molecule has 1 aliphatic carbocycles. The summed E-state index contributed by atoms with van der Waals surface area (Å²) in [5, 5.41) is 9.67. The van der Waals surface area contributed by atoms with E-state index in [1.54, 1.807) is 24.3 Å². The largest absolute Gasteiger partial charge is 0.512 e. The molecule has 0 unspecified atom stereocenters. The summed E-state index contributed by atoms with van der Waals surface area (Å²) in [5.74, 6) is -1.36. The lowest BCUT2D eigenvalue weighted by Gasteiger charge is -2.29. The number of hydrogen-bond donors (Lipinski definition) is 1. The summed E-state index contributed by atoms with van der Waals surface area (Å²) in [7, 11) is 1.52. The number of aliphatic hydroxyl groups excluding tert-OH is 1. The first kappa shape index (κ1) is 19.2. The Morgan fingerprint density at radius 1 is 1.26 bits per heavy atom. The van der Waals surface area contributed by atoms with Gasteiger partial charge in [0.1, 0.15) is 5.75 Å². The van der Waals surface area contributed by atoms with Crippen LogP contribution in [0.5, 0.6) is 5.75 Å². The van der Waals surface area contributed by atoms with E-state index in [4.69, 9.17) is 16.3 Å². The van der Waals surface area contributed by atoms with Crippen LogP contribution in [0.25, 0.3) is 0 Å². The molecule has 0 fully saturated rings. The van der Waals surface area contributed by atoms with Gasteiger partial charge in [-0.1, -0.05) is 23.7 Å². The number of rotatable bonds is 3. The van der Waals surface area contributed by atoms with Crippen molar-refractivity contribution in [2.75, 3.05) is 7.11 Å². The minimum atomic E-state index is -4.58. The summed E-state index contributed by atoms with van der Waals surface area (Å²) >= 11 is 6.05. The second-order valence-electron chi connectivity index (χ2n) is 6.19. The Kier molecular flexibility index (Phi) is 5.15. The maximum Gasteiger partial charge on any atom is 0.417 e. The predicted octanol–water partition coefficient (Wildman–Crippen LogP) is 5.04. The van der Waals surface area contributed by atoms with Crippen LogP contribution in [0.15, 0.2) is 48.4 Å². The van der Waals surface area contributed by atoms with Gasteiger partial charge in [-0.05, 0) is 23.8 Å². The number of aromatic nitrogens is 1. The number of alkyl halides is 3. The number of pyridine rings is 1. The number of nitrogens with zero attached hydrogens (tertiary/aromatic N) is 1. The number of carbonyl (C=O) groups is 1. The smallest absolute Gasteiger partial charge is 0.417 e. The highest BCUT2D eigenvalue weighted by Crippen LogP contribution is 2.44. The van der Waals surface area contributed by atoms with Gasteiger partial charge in [0.25, 0.3) is 0 Å². The molecule has 0 amide bonds.